The fourth-order valence-corrected chi connectivity index (χ4v) is 4.82. The van der Waals surface area contributed by atoms with Gasteiger partial charge in [0.2, 0.25) is 0 Å². The Morgan fingerprint density at radius 2 is 1.77 bits per heavy atom. The second-order valence-electron chi connectivity index (χ2n) is 8.19. The van der Waals surface area contributed by atoms with Crippen molar-refractivity contribution in [2.75, 3.05) is 0 Å². The Balaban J connectivity index is 1.54. The molecule has 6 nitrogen and oxygen atoms in total. The van der Waals surface area contributed by atoms with Gasteiger partial charge in [-0.25, -0.2) is 9.37 Å². The smallest absolute Gasteiger partial charge is 0.263 e. The maximum Gasteiger partial charge on any atom is 0.263 e. The number of nitrogens with zero attached hydrogens (tertiary/aromatic N) is 4. The van der Waals surface area contributed by atoms with Gasteiger partial charge in [0.1, 0.15) is 22.8 Å². The molecule has 4 aromatic rings. The zero-order chi connectivity index (χ0) is 25.1. The predicted molar refractivity (Wildman–Crippen MR) is 132 cm³/mol. The third-order valence-electron chi connectivity index (χ3n) is 6.04. The minimum absolute atomic E-state index is 0.0282. The first-order valence-electron chi connectivity index (χ1n) is 10.9. The van der Waals surface area contributed by atoms with Crippen LogP contribution in [0.1, 0.15) is 49.0 Å². The van der Waals surface area contributed by atoms with E-state index in [-0.39, 0.29) is 11.5 Å². The minimum atomic E-state index is -0.605. The van der Waals surface area contributed by atoms with Gasteiger partial charge < -0.3 is 9.88 Å². The van der Waals surface area contributed by atoms with Crippen molar-refractivity contribution in [1.29, 1.82) is 10.5 Å². The van der Waals surface area contributed by atoms with Crippen LogP contribution in [0.5, 0.6) is 0 Å². The van der Waals surface area contributed by atoms with E-state index in [2.05, 4.69) is 16.4 Å². The average Bonchev–Trinajstić information content (AvgIpc) is 3.39. The van der Waals surface area contributed by atoms with Gasteiger partial charge >= 0.3 is 0 Å². The van der Waals surface area contributed by atoms with Gasteiger partial charge in [0, 0.05) is 30.0 Å². The molecule has 0 bridgehead atoms. The fraction of sp³-hybridized carbons (Fsp3) is 0.185. The molecule has 0 atom stereocenters. The molecular weight excluding hydrogens is 461 g/mol. The van der Waals surface area contributed by atoms with E-state index >= 15 is 0 Å². The van der Waals surface area contributed by atoms with E-state index in [0.29, 0.717) is 34.7 Å². The molecule has 2 heterocycles. The van der Waals surface area contributed by atoms with Crippen LogP contribution in [-0.4, -0.2) is 15.5 Å². The minimum Gasteiger partial charge on any atom is -0.347 e. The molecule has 0 aliphatic heterocycles. The third kappa shape index (κ3) is 4.70. The lowest BCUT2D eigenvalue weighted by atomic mass is 10.00. The summed E-state index contributed by atoms with van der Waals surface area (Å²) in [5, 5.41) is 21.7. The van der Waals surface area contributed by atoms with E-state index in [0.717, 1.165) is 28.2 Å². The summed E-state index contributed by atoms with van der Waals surface area (Å²) in [5.41, 5.74) is 7.72. The number of thiazole rings is 1. The molecule has 0 saturated carbocycles. The van der Waals surface area contributed by atoms with Gasteiger partial charge in [-0.15, -0.1) is 11.3 Å². The predicted octanol–water partition coefficient (Wildman–Crippen LogP) is 5.40. The van der Waals surface area contributed by atoms with Gasteiger partial charge in [0.25, 0.3) is 5.91 Å². The van der Waals surface area contributed by atoms with Crippen LogP contribution in [-0.2, 0) is 13.1 Å². The van der Waals surface area contributed by atoms with Gasteiger partial charge in [-0.3, -0.25) is 4.79 Å². The molecule has 8 heteroatoms. The highest BCUT2D eigenvalue weighted by Gasteiger charge is 2.20. The number of nitriles is 2. The molecule has 0 radical (unpaired) electrons. The Kier molecular flexibility index (Phi) is 6.77. The van der Waals surface area contributed by atoms with Crippen LogP contribution in [0.2, 0.25) is 0 Å². The van der Waals surface area contributed by atoms with Crippen LogP contribution in [0.4, 0.5) is 4.39 Å². The standard InChI is InChI=1S/C27H22FN5OS/c1-16-26(35-15-32-16)27(34)31-13-19-4-6-20(7-5-19)14-33-17(2)23(12-30)25(18(33)3)21-8-9-22(11-29)24(28)10-21/h4-10,15H,13-14H2,1-3H3,(H,31,34). The molecule has 0 aliphatic rings. The summed E-state index contributed by atoms with van der Waals surface area (Å²) < 4.78 is 16.3. The number of halogens is 1. The van der Waals surface area contributed by atoms with Gasteiger partial charge in [-0.2, -0.15) is 10.5 Å². The molecule has 2 aromatic heterocycles. The number of benzene rings is 2. The van der Waals surface area contributed by atoms with Crippen LogP contribution in [0.15, 0.2) is 48.0 Å². The number of nitrogens with one attached hydrogen (secondary N) is 1. The number of aryl methyl sites for hydroxylation is 1. The van der Waals surface area contributed by atoms with Crippen LogP contribution in [0, 0.1) is 49.3 Å². The molecule has 0 aliphatic carbocycles. The van der Waals surface area contributed by atoms with Crippen molar-refractivity contribution in [1.82, 2.24) is 14.9 Å². The highest BCUT2D eigenvalue weighted by molar-refractivity contribution is 7.11. The second kappa shape index (κ2) is 9.92. The Bertz CT molecular complexity index is 1500. The number of aromatic nitrogens is 2. The summed E-state index contributed by atoms with van der Waals surface area (Å²) in [6, 6.07) is 16.4. The van der Waals surface area contributed by atoms with Crippen molar-refractivity contribution in [3.63, 3.8) is 0 Å². The summed E-state index contributed by atoms with van der Waals surface area (Å²) in [6.07, 6.45) is 0. The largest absolute Gasteiger partial charge is 0.347 e. The van der Waals surface area contributed by atoms with Gasteiger partial charge in [-0.05, 0) is 49.6 Å². The van der Waals surface area contributed by atoms with Crippen molar-refractivity contribution in [3.8, 4) is 23.3 Å². The van der Waals surface area contributed by atoms with E-state index in [1.165, 1.54) is 23.5 Å². The summed E-state index contributed by atoms with van der Waals surface area (Å²) in [4.78, 5) is 17.0. The highest BCUT2D eigenvalue weighted by Crippen LogP contribution is 2.33. The first-order valence-corrected chi connectivity index (χ1v) is 11.8. The normalized spacial score (nSPS) is 10.6. The molecule has 174 valence electrons. The summed E-state index contributed by atoms with van der Waals surface area (Å²) in [6.45, 7) is 6.54. The lowest BCUT2D eigenvalue weighted by molar-refractivity contribution is 0.0954. The van der Waals surface area contributed by atoms with Crippen molar-refractivity contribution in [3.05, 3.63) is 98.0 Å². The van der Waals surface area contributed by atoms with Crippen molar-refractivity contribution in [2.24, 2.45) is 0 Å². The molecular formula is C27H22FN5OS. The zero-order valence-electron chi connectivity index (χ0n) is 19.5. The lowest BCUT2D eigenvalue weighted by Crippen LogP contribution is -2.22. The van der Waals surface area contributed by atoms with E-state index in [4.69, 9.17) is 5.26 Å². The SMILES string of the molecule is Cc1ncsc1C(=O)NCc1ccc(Cn2c(C)c(C#N)c(-c3ccc(C#N)c(F)c3)c2C)cc1. The van der Waals surface area contributed by atoms with Crippen LogP contribution < -0.4 is 5.32 Å². The number of rotatable bonds is 6. The number of carbonyl (C=O) groups excluding carboxylic acids is 1. The van der Waals surface area contributed by atoms with Gasteiger partial charge in [0.15, 0.2) is 0 Å². The Morgan fingerprint density at radius 3 is 2.37 bits per heavy atom. The maximum atomic E-state index is 14.3. The Labute approximate surface area is 206 Å². The number of hydrogen-bond acceptors (Lipinski definition) is 5. The summed E-state index contributed by atoms with van der Waals surface area (Å²) in [7, 11) is 0. The number of hydrogen-bond donors (Lipinski definition) is 1. The topological polar surface area (TPSA) is 94.5 Å². The molecule has 2 aromatic carbocycles. The van der Waals surface area contributed by atoms with Gasteiger partial charge in [0.05, 0.1) is 22.3 Å². The number of amides is 1. The molecule has 0 spiro atoms. The molecule has 1 N–H and O–H groups in total. The first-order chi connectivity index (χ1) is 16.8. The van der Waals surface area contributed by atoms with E-state index < -0.39 is 5.82 Å². The zero-order valence-corrected chi connectivity index (χ0v) is 20.3. The summed E-state index contributed by atoms with van der Waals surface area (Å²) >= 11 is 1.32. The molecule has 0 saturated heterocycles. The molecule has 1 amide bonds. The van der Waals surface area contributed by atoms with Crippen molar-refractivity contribution < 1.29 is 9.18 Å². The maximum absolute atomic E-state index is 14.3. The molecule has 35 heavy (non-hydrogen) atoms. The summed E-state index contributed by atoms with van der Waals surface area (Å²) in [5.74, 6) is -0.740. The van der Waals surface area contributed by atoms with Gasteiger partial charge in [-0.1, -0.05) is 30.3 Å². The molecule has 0 fully saturated rings. The highest BCUT2D eigenvalue weighted by atomic mass is 32.1. The molecule has 4 rings (SSSR count). The first kappa shape index (κ1) is 23.9. The number of carbonyl (C=O) groups is 1. The van der Waals surface area contributed by atoms with Crippen LogP contribution >= 0.6 is 11.3 Å². The van der Waals surface area contributed by atoms with E-state index in [1.807, 2.05) is 55.7 Å². The fourth-order valence-electron chi connectivity index (χ4n) is 4.10. The molecule has 0 unspecified atom stereocenters. The van der Waals surface area contributed by atoms with E-state index in [9.17, 15) is 14.4 Å². The Morgan fingerprint density at radius 1 is 1.06 bits per heavy atom. The van der Waals surface area contributed by atoms with Crippen LogP contribution in [0.25, 0.3) is 11.1 Å². The lowest BCUT2D eigenvalue weighted by Gasteiger charge is -2.11. The van der Waals surface area contributed by atoms with E-state index in [1.54, 1.807) is 11.6 Å². The van der Waals surface area contributed by atoms with Crippen LogP contribution in [0.3, 0.4) is 0 Å². The third-order valence-corrected chi connectivity index (χ3v) is 6.97. The Hall–Kier alpha value is -4.27. The van der Waals surface area contributed by atoms with Crippen molar-refractivity contribution >= 4 is 17.2 Å². The van der Waals surface area contributed by atoms with Crippen molar-refractivity contribution in [2.45, 2.75) is 33.9 Å². The second-order valence-corrected chi connectivity index (χ2v) is 9.05. The quantitative estimate of drug-likeness (QED) is 0.397. The monoisotopic (exact) mass is 483 g/mol. The average molecular weight is 484 g/mol.